The van der Waals surface area contributed by atoms with E-state index in [1.165, 1.54) is 24.3 Å². The molecule has 0 saturated heterocycles. The van der Waals surface area contributed by atoms with Gasteiger partial charge in [-0.05, 0) is 73.2 Å². The second-order valence-corrected chi connectivity index (χ2v) is 12.1. The van der Waals surface area contributed by atoms with Crippen molar-refractivity contribution in [2.75, 3.05) is 6.61 Å². The number of carbonyl (C=O) groups is 4. The zero-order chi connectivity index (χ0) is 23.3. The van der Waals surface area contributed by atoms with E-state index in [-0.39, 0.29) is 45.3 Å². The Morgan fingerprint density at radius 2 is 1.88 bits per heavy atom. The fourth-order valence-electron chi connectivity index (χ4n) is 7.67. The maximum atomic E-state index is 13.0. The maximum Gasteiger partial charge on any atom is 0.303 e. The third kappa shape index (κ3) is 3.91. The van der Waals surface area contributed by atoms with Crippen LogP contribution in [0.5, 0.6) is 0 Å². The van der Waals surface area contributed by atoms with Crippen molar-refractivity contribution < 1.29 is 23.9 Å². The first kappa shape index (κ1) is 23.7. The van der Waals surface area contributed by atoms with Gasteiger partial charge < -0.3 is 4.74 Å². The summed E-state index contributed by atoms with van der Waals surface area (Å²) in [5.74, 6) is 0.961. The predicted molar refractivity (Wildman–Crippen MR) is 124 cm³/mol. The van der Waals surface area contributed by atoms with Crippen LogP contribution in [0.25, 0.3) is 0 Å². The lowest BCUT2D eigenvalue weighted by atomic mass is 9.46. The minimum atomic E-state index is -0.414. The molecule has 0 aromatic carbocycles. The molecule has 0 amide bonds. The van der Waals surface area contributed by atoms with Crippen LogP contribution in [0.1, 0.15) is 79.1 Å². The minimum absolute atomic E-state index is 0.0199. The van der Waals surface area contributed by atoms with Crippen molar-refractivity contribution in [3.63, 3.8) is 0 Å². The number of hydrogen-bond acceptors (Lipinski definition) is 6. The van der Waals surface area contributed by atoms with Crippen molar-refractivity contribution in [1.82, 2.24) is 0 Å². The van der Waals surface area contributed by atoms with Gasteiger partial charge in [0.2, 0.25) is 0 Å². The third-order valence-corrected chi connectivity index (χ3v) is 10.7. The standard InChI is InChI=1S/C26H36O5S/c1-5-23(30)32-22-13-16-12-17(28)8-10-25(16,3)20-9-11-26(4)18(6-7-19(26)24(20)22)21(29)14-31-15(2)27/h12,18-20,22,24H,5-11,13-14H2,1-4H3/t18-,19+,20+,22-,24+,25+,26-/m1/s1. The Bertz CT molecular complexity index is 862. The van der Waals surface area contributed by atoms with Crippen LogP contribution in [0.4, 0.5) is 0 Å². The summed E-state index contributed by atoms with van der Waals surface area (Å²) in [6.45, 7) is 7.72. The number of hydrogen-bond donors (Lipinski definition) is 0. The molecule has 0 radical (unpaired) electrons. The molecule has 32 heavy (non-hydrogen) atoms. The molecule has 3 saturated carbocycles. The molecule has 0 aromatic heterocycles. The minimum Gasteiger partial charge on any atom is -0.458 e. The molecule has 0 N–H and O–H groups in total. The second kappa shape index (κ2) is 8.73. The van der Waals surface area contributed by atoms with Crippen LogP contribution in [0.15, 0.2) is 11.6 Å². The summed E-state index contributed by atoms with van der Waals surface area (Å²) in [5.41, 5.74) is 1.15. The zero-order valence-electron chi connectivity index (χ0n) is 19.8. The van der Waals surface area contributed by atoms with Crippen LogP contribution in [-0.4, -0.2) is 34.5 Å². The summed E-state index contributed by atoms with van der Waals surface area (Å²) in [5, 5.41) is 0.387. The molecular formula is C26H36O5S. The SMILES string of the molecule is CCC(=O)S[C@@H]1CC2=CC(=O)CC[C@]2(C)[C@H]2CC[C@]3(C)[C@@H](C(=O)COC(C)=O)CC[C@H]3[C@H]12. The molecular weight excluding hydrogens is 424 g/mol. The summed E-state index contributed by atoms with van der Waals surface area (Å²) in [7, 11) is 0. The first-order valence-corrected chi connectivity index (χ1v) is 13.1. The largest absolute Gasteiger partial charge is 0.458 e. The smallest absolute Gasteiger partial charge is 0.303 e. The molecule has 4 aliphatic carbocycles. The van der Waals surface area contributed by atoms with Gasteiger partial charge in [0.15, 0.2) is 16.7 Å². The first-order chi connectivity index (χ1) is 15.1. The van der Waals surface area contributed by atoms with E-state index in [4.69, 9.17) is 4.74 Å². The van der Waals surface area contributed by atoms with Gasteiger partial charge in [-0.25, -0.2) is 0 Å². The highest BCUT2D eigenvalue weighted by Crippen LogP contribution is 2.68. The lowest BCUT2D eigenvalue weighted by Gasteiger charge is -2.60. The van der Waals surface area contributed by atoms with Crippen LogP contribution < -0.4 is 0 Å². The van der Waals surface area contributed by atoms with Crippen molar-refractivity contribution in [1.29, 1.82) is 0 Å². The van der Waals surface area contributed by atoms with Crippen LogP contribution in [-0.2, 0) is 23.9 Å². The van der Waals surface area contributed by atoms with Gasteiger partial charge in [-0.15, -0.1) is 0 Å². The number of carbonyl (C=O) groups excluding carboxylic acids is 4. The maximum absolute atomic E-state index is 13.0. The molecule has 4 rings (SSSR count). The topological polar surface area (TPSA) is 77.5 Å². The lowest BCUT2D eigenvalue weighted by molar-refractivity contribution is -0.149. The van der Waals surface area contributed by atoms with E-state index in [1.807, 2.05) is 13.0 Å². The van der Waals surface area contributed by atoms with E-state index in [9.17, 15) is 19.2 Å². The highest BCUT2D eigenvalue weighted by Gasteiger charge is 2.62. The lowest BCUT2D eigenvalue weighted by Crippen LogP contribution is -2.55. The van der Waals surface area contributed by atoms with Crippen LogP contribution in [0, 0.1) is 34.5 Å². The van der Waals surface area contributed by atoms with Crippen LogP contribution >= 0.6 is 11.8 Å². The molecule has 0 unspecified atom stereocenters. The summed E-state index contributed by atoms with van der Waals surface area (Å²) < 4.78 is 5.06. The third-order valence-electron chi connectivity index (χ3n) is 9.34. The molecule has 0 spiro atoms. The molecule has 0 aliphatic heterocycles. The summed E-state index contributed by atoms with van der Waals surface area (Å²) in [6, 6.07) is 0. The van der Waals surface area contributed by atoms with Crippen molar-refractivity contribution in [3.8, 4) is 0 Å². The van der Waals surface area contributed by atoms with Gasteiger partial charge in [0.25, 0.3) is 0 Å². The average molecular weight is 461 g/mol. The number of fused-ring (bicyclic) bond motifs is 5. The number of Topliss-reactive ketones (excluding diaryl/α,β-unsaturated/α-hetero) is 1. The fourth-order valence-corrected chi connectivity index (χ4v) is 8.98. The fraction of sp³-hybridized carbons (Fsp3) is 0.769. The van der Waals surface area contributed by atoms with Crippen molar-refractivity contribution in [2.24, 2.45) is 34.5 Å². The Labute approximate surface area is 195 Å². The number of thioether (sulfide) groups is 1. The normalized spacial score (nSPS) is 40.6. The molecule has 4 aliphatic rings. The number of allylic oxidation sites excluding steroid dienone is 1. The van der Waals surface area contributed by atoms with E-state index in [0.717, 1.165) is 38.5 Å². The van der Waals surface area contributed by atoms with E-state index in [2.05, 4.69) is 13.8 Å². The average Bonchev–Trinajstić information content (AvgIpc) is 3.10. The molecule has 5 nitrogen and oxygen atoms in total. The Hall–Kier alpha value is -1.43. The van der Waals surface area contributed by atoms with Gasteiger partial charge in [-0.2, -0.15) is 0 Å². The van der Waals surface area contributed by atoms with E-state index in [0.29, 0.717) is 30.6 Å². The number of rotatable bonds is 5. The summed E-state index contributed by atoms with van der Waals surface area (Å²) in [4.78, 5) is 49.0. The van der Waals surface area contributed by atoms with Gasteiger partial charge in [-0.1, -0.05) is 38.1 Å². The van der Waals surface area contributed by atoms with Gasteiger partial charge in [-0.3, -0.25) is 19.2 Å². The molecule has 0 bridgehead atoms. The number of ketones is 2. The Balaban J connectivity index is 1.66. The van der Waals surface area contributed by atoms with E-state index < -0.39 is 5.97 Å². The molecule has 6 heteroatoms. The highest BCUT2D eigenvalue weighted by molar-refractivity contribution is 8.14. The quantitative estimate of drug-likeness (QED) is 0.542. The Kier molecular flexibility index (Phi) is 6.47. The van der Waals surface area contributed by atoms with Gasteiger partial charge in [0.05, 0.1) is 0 Å². The molecule has 0 aromatic rings. The zero-order valence-corrected chi connectivity index (χ0v) is 20.6. The highest BCUT2D eigenvalue weighted by atomic mass is 32.2. The Morgan fingerprint density at radius 3 is 2.56 bits per heavy atom. The molecule has 176 valence electrons. The summed E-state index contributed by atoms with van der Waals surface area (Å²) >= 11 is 1.49. The van der Waals surface area contributed by atoms with E-state index in [1.54, 1.807) is 0 Å². The Morgan fingerprint density at radius 1 is 1.12 bits per heavy atom. The van der Waals surface area contributed by atoms with Crippen molar-refractivity contribution in [3.05, 3.63) is 11.6 Å². The van der Waals surface area contributed by atoms with Crippen molar-refractivity contribution in [2.45, 2.75) is 84.3 Å². The van der Waals surface area contributed by atoms with Crippen LogP contribution in [0.3, 0.4) is 0 Å². The van der Waals surface area contributed by atoms with Crippen LogP contribution in [0.2, 0.25) is 0 Å². The molecule has 7 atom stereocenters. The number of ether oxygens (including phenoxy) is 1. The molecule has 0 heterocycles. The van der Waals surface area contributed by atoms with Gasteiger partial charge in [0, 0.05) is 30.9 Å². The van der Waals surface area contributed by atoms with E-state index >= 15 is 0 Å². The second-order valence-electron chi connectivity index (χ2n) is 10.9. The van der Waals surface area contributed by atoms with Gasteiger partial charge >= 0.3 is 5.97 Å². The molecule has 3 fully saturated rings. The number of esters is 1. The summed E-state index contributed by atoms with van der Waals surface area (Å²) in [6.07, 6.45) is 8.53. The van der Waals surface area contributed by atoms with Gasteiger partial charge in [0.1, 0.15) is 6.61 Å². The van der Waals surface area contributed by atoms with Crippen molar-refractivity contribution >= 4 is 34.4 Å². The monoisotopic (exact) mass is 460 g/mol. The first-order valence-electron chi connectivity index (χ1n) is 12.2. The predicted octanol–water partition coefficient (Wildman–Crippen LogP) is 4.92.